The quantitative estimate of drug-likeness (QED) is 0.857. The molecular formula is C15H24N2O2. The van der Waals surface area contributed by atoms with E-state index in [1.165, 1.54) is 0 Å². The summed E-state index contributed by atoms with van der Waals surface area (Å²) in [5.74, 6) is 0.870. The number of rotatable bonds is 6. The predicted molar refractivity (Wildman–Crippen MR) is 75.4 cm³/mol. The van der Waals surface area contributed by atoms with Crippen LogP contribution >= 0.6 is 0 Å². The minimum absolute atomic E-state index is 0.225. The summed E-state index contributed by atoms with van der Waals surface area (Å²) in [5.41, 5.74) is 2.00. The molecule has 0 radical (unpaired) electrons. The molecule has 0 spiro atoms. The second-order valence-corrected chi connectivity index (χ2v) is 5.13. The molecule has 1 aliphatic heterocycles. The number of ether oxygens (including phenoxy) is 2. The third-order valence-corrected chi connectivity index (χ3v) is 3.36. The predicted octanol–water partition coefficient (Wildman–Crippen LogP) is 2.45. The molecule has 1 aromatic rings. The van der Waals surface area contributed by atoms with Crippen LogP contribution in [-0.2, 0) is 11.3 Å². The maximum absolute atomic E-state index is 5.89. The van der Waals surface area contributed by atoms with Crippen molar-refractivity contribution in [3.8, 4) is 5.75 Å². The molecule has 2 rings (SSSR count). The summed E-state index contributed by atoms with van der Waals surface area (Å²) < 4.78 is 11.7. The Morgan fingerprint density at radius 3 is 2.95 bits per heavy atom. The van der Waals surface area contributed by atoms with Crippen molar-refractivity contribution in [3.63, 3.8) is 0 Å². The van der Waals surface area contributed by atoms with E-state index >= 15 is 0 Å². The molecule has 4 heteroatoms. The highest BCUT2D eigenvalue weighted by atomic mass is 16.5. The van der Waals surface area contributed by atoms with E-state index in [2.05, 4.69) is 24.1 Å². The zero-order valence-corrected chi connectivity index (χ0v) is 12.1. The highest BCUT2D eigenvalue weighted by Crippen LogP contribution is 2.22. The van der Waals surface area contributed by atoms with Crippen LogP contribution in [0.15, 0.2) is 12.1 Å². The van der Waals surface area contributed by atoms with Crippen LogP contribution in [0.4, 0.5) is 0 Å². The van der Waals surface area contributed by atoms with Gasteiger partial charge in [0.1, 0.15) is 12.4 Å². The van der Waals surface area contributed by atoms with E-state index < -0.39 is 0 Å². The van der Waals surface area contributed by atoms with Gasteiger partial charge < -0.3 is 14.8 Å². The molecule has 0 amide bonds. The zero-order valence-electron chi connectivity index (χ0n) is 12.1. The second kappa shape index (κ2) is 6.87. The molecule has 1 N–H and O–H groups in total. The first-order valence-corrected chi connectivity index (χ1v) is 7.14. The van der Waals surface area contributed by atoms with Crippen molar-refractivity contribution in [2.24, 2.45) is 0 Å². The lowest BCUT2D eigenvalue weighted by molar-refractivity contribution is 0.0261. The van der Waals surface area contributed by atoms with Crippen molar-refractivity contribution in [2.75, 3.05) is 13.2 Å². The van der Waals surface area contributed by atoms with Crippen LogP contribution in [-0.4, -0.2) is 30.3 Å². The Bertz CT molecular complexity index is 409. The van der Waals surface area contributed by atoms with Crippen LogP contribution in [0.1, 0.15) is 38.1 Å². The van der Waals surface area contributed by atoms with Gasteiger partial charge in [-0.2, -0.15) is 0 Å². The number of nitrogens with zero attached hydrogens (tertiary/aromatic N) is 1. The minimum atomic E-state index is 0.225. The average Bonchev–Trinajstić information content (AvgIpc) is 2.81. The van der Waals surface area contributed by atoms with Crippen molar-refractivity contribution >= 4 is 0 Å². The van der Waals surface area contributed by atoms with E-state index in [0.29, 0.717) is 12.7 Å². The fourth-order valence-corrected chi connectivity index (χ4v) is 2.29. The topological polar surface area (TPSA) is 43.4 Å². The summed E-state index contributed by atoms with van der Waals surface area (Å²) in [6.45, 7) is 8.50. The Labute approximate surface area is 115 Å². The van der Waals surface area contributed by atoms with Gasteiger partial charge in [0.25, 0.3) is 0 Å². The normalized spacial score (nSPS) is 22.7. The Kier molecular flexibility index (Phi) is 5.16. The lowest BCUT2D eigenvalue weighted by atomic mass is 10.2. The molecule has 19 heavy (non-hydrogen) atoms. The average molecular weight is 264 g/mol. The Morgan fingerprint density at radius 1 is 1.42 bits per heavy atom. The van der Waals surface area contributed by atoms with Gasteiger partial charge in [0.2, 0.25) is 0 Å². The first kappa shape index (κ1) is 14.3. The number of hydrogen-bond donors (Lipinski definition) is 1. The lowest BCUT2D eigenvalue weighted by Gasteiger charge is -2.15. The lowest BCUT2D eigenvalue weighted by Crippen LogP contribution is -2.20. The monoisotopic (exact) mass is 264 g/mol. The zero-order chi connectivity index (χ0) is 13.7. The van der Waals surface area contributed by atoms with Gasteiger partial charge in [-0.1, -0.05) is 6.92 Å². The maximum atomic E-state index is 5.89. The summed E-state index contributed by atoms with van der Waals surface area (Å²) in [5, 5.41) is 3.29. The van der Waals surface area contributed by atoms with E-state index in [-0.39, 0.29) is 6.10 Å². The molecule has 2 heterocycles. The largest absolute Gasteiger partial charge is 0.489 e. The van der Waals surface area contributed by atoms with Crippen LogP contribution < -0.4 is 10.1 Å². The van der Waals surface area contributed by atoms with Gasteiger partial charge in [-0.3, -0.25) is 4.98 Å². The molecule has 106 valence electrons. The van der Waals surface area contributed by atoms with Crippen molar-refractivity contribution in [1.29, 1.82) is 0 Å². The summed E-state index contributed by atoms with van der Waals surface area (Å²) >= 11 is 0. The van der Waals surface area contributed by atoms with Crippen molar-refractivity contribution < 1.29 is 9.47 Å². The molecule has 0 aliphatic carbocycles. The fraction of sp³-hybridized carbons (Fsp3) is 0.667. The molecule has 0 aromatic carbocycles. The molecule has 2 unspecified atom stereocenters. The first-order chi connectivity index (χ1) is 9.19. The number of nitrogens with one attached hydrogen (secondary N) is 1. The van der Waals surface area contributed by atoms with Crippen LogP contribution in [0.3, 0.4) is 0 Å². The third kappa shape index (κ3) is 4.18. The number of pyridine rings is 1. The van der Waals surface area contributed by atoms with Crippen molar-refractivity contribution in [3.05, 3.63) is 23.5 Å². The summed E-state index contributed by atoms with van der Waals surface area (Å²) in [6.07, 6.45) is 2.81. The Balaban J connectivity index is 1.94. The molecule has 1 aliphatic rings. The van der Waals surface area contributed by atoms with Gasteiger partial charge in [-0.25, -0.2) is 0 Å². The smallest absolute Gasteiger partial charge is 0.142 e. The maximum Gasteiger partial charge on any atom is 0.142 e. The molecule has 1 aromatic heterocycles. The molecular weight excluding hydrogens is 240 g/mol. The highest BCUT2D eigenvalue weighted by Gasteiger charge is 2.22. The molecule has 1 saturated heterocycles. The molecule has 0 saturated carbocycles. The molecule has 1 fully saturated rings. The second-order valence-electron chi connectivity index (χ2n) is 5.13. The van der Waals surface area contributed by atoms with Crippen LogP contribution in [0, 0.1) is 6.92 Å². The van der Waals surface area contributed by atoms with E-state index in [4.69, 9.17) is 9.47 Å². The third-order valence-electron chi connectivity index (χ3n) is 3.36. The van der Waals surface area contributed by atoms with Crippen LogP contribution in [0.5, 0.6) is 5.75 Å². The van der Waals surface area contributed by atoms with Gasteiger partial charge >= 0.3 is 0 Å². The highest BCUT2D eigenvalue weighted by molar-refractivity contribution is 5.29. The number of aromatic nitrogens is 1. The van der Waals surface area contributed by atoms with Crippen molar-refractivity contribution in [1.82, 2.24) is 10.3 Å². The van der Waals surface area contributed by atoms with Crippen LogP contribution in [0.2, 0.25) is 0 Å². The Hall–Kier alpha value is -1.13. The minimum Gasteiger partial charge on any atom is -0.489 e. The summed E-state index contributed by atoms with van der Waals surface area (Å²) in [4.78, 5) is 4.54. The van der Waals surface area contributed by atoms with E-state index in [1.54, 1.807) is 0 Å². The summed E-state index contributed by atoms with van der Waals surface area (Å²) in [7, 11) is 0. The fourth-order valence-electron chi connectivity index (χ4n) is 2.29. The van der Waals surface area contributed by atoms with E-state index in [0.717, 1.165) is 43.1 Å². The van der Waals surface area contributed by atoms with Gasteiger partial charge in [0.05, 0.1) is 17.9 Å². The first-order valence-electron chi connectivity index (χ1n) is 7.14. The number of aryl methyl sites for hydroxylation is 1. The van der Waals surface area contributed by atoms with Gasteiger partial charge in [-0.05, 0) is 45.4 Å². The summed E-state index contributed by atoms with van der Waals surface area (Å²) in [6, 6.07) is 4.00. The van der Waals surface area contributed by atoms with E-state index in [9.17, 15) is 0 Å². The Morgan fingerprint density at radius 2 is 2.26 bits per heavy atom. The van der Waals surface area contributed by atoms with Crippen LogP contribution in [0.25, 0.3) is 0 Å². The van der Waals surface area contributed by atoms with Gasteiger partial charge in [0, 0.05) is 12.2 Å². The number of hydrogen-bond acceptors (Lipinski definition) is 4. The van der Waals surface area contributed by atoms with Gasteiger partial charge in [0.15, 0.2) is 0 Å². The molecule has 0 bridgehead atoms. The van der Waals surface area contributed by atoms with E-state index in [1.807, 2.05) is 19.1 Å². The molecule has 4 nitrogen and oxygen atoms in total. The SMILES string of the molecule is CCNCc1nc(C)ccc1OCC1CCC(C)O1. The molecule has 2 atom stereocenters. The standard InChI is InChI=1S/C15H24N2O2/c1-4-16-9-14-15(8-5-11(2)17-14)18-10-13-7-6-12(3)19-13/h5,8,12-13,16H,4,6-7,9-10H2,1-3H3. The van der Waals surface area contributed by atoms with Gasteiger partial charge in [-0.15, -0.1) is 0 Å². The van der Waals surface area contributed by atoms with Crippen molar-refractivity contribution in [2.45, 2.75) is 52.4 Å².